The minimum absolute atomic E-state index is 0.743. The van der Waals surface area contributed by atoms with Crippen molar-refractivity contribution in [2.24, 2.45) is 0 Å². The second-order valence-corrected chi connectivity index (χ2v) is 4.73. The van der Waals surface area contributed by atoms with Gasteiger partial charge in [-0.1, -0.05) is 24.3 Å². The predicted molar refractivity (Wildman–Crippen MR) is 69.7 cm³/mol. The van der Waals surface area contributed by atoms with Crippen molar-refractivity contribution in [1.82, 2.24) is 4.98 Å². The standard InChI is InChI=1S/C14H12N2S/c1-11-6-7-14(16-9-11)17-10-13-5-3-2-4-12(13)8-15/h2-7,9H,10H2,1H3. The van der Waals surface area contributed by atoms with Gasteiger partial charge < -0.3 is 0 Å². The van der Waals surface area contributed by atoms with Gasteiger partial charge in [0.05, 0.1) is 16.7 Å². The molecule has 0 bridgehead atoms. The molecule has 0 fully saturated rings. The van der Waals surface area contributed by atoms with E-state index in [1.54, 1.807) is 11.8 Å². The number of hydrogen-bond acceptors (Lipinski definition) is 3. The zero-order valence-electron chi connectivity index (χ0n) is 9.55. The van der Waals surface area contributed by atoms with E-state index in [0.717, 1.165) is 27.5 Å². The molecular formula is C14H12N2S. The lowest BCUT2D eigenvalue weighted by molar-refractivity contribution is 1.11. The third-order valence-corrected chi connectivity index (χ3v) is 3.39. The molecule has 0 amide bonds. The molecule has 0 radical (unpaired) electrons. The Balaban J connectivity index is 2.08. The molecule has 2 rings (SSSR count). The summed E-state index contributed by atoms with van der Waals surface area (Å²) in [5.41, 5.74) is 2.96. The summed E-state index contributed by atoms with van der Waals surface area (Å²) in [6.07, 6.45) is 1.86. The molecule has 84 valence electrons. The van der Waals surface area contributed by atoms with E-state index in [-0.39, 0.29) is 0 Å². The van der Waals surface area contributed by atoms with Gasteiger partial charge in [0.1, 0.15) is 0 Å². The Bertz CT molecular complexity index is 541. The number of aromatic nitrogens is 1. The van der Waals surface area contributed by atoms with Gasteiger partial charge in [0.15, 0.2) is 0 Å². The largest absolute Gasteiger partial charge is 0.250 e. The maximum absolute atomic E-state index is 8.98. The van der Waals surface area contributed by atoms with Gasteiger partial charge in [-0.25, -0.2) is 4.98 Å². The Morgan fingerprint density at radius 3 is 2.76 bits per heavy atom. The second-order valence-electron chi connectivity index (χ2n) is 3.73. The summed E-state index contributed by atoms with van der Waals surface area (Å²) in [4.78, 5) is 4.33. The highest BCUT2D eigenvalue weighted by molar-refractivity contribution is 7.98. The SMILES string of the molecule is Cc1ccc(SCc2ccccc2C#N)nc1. The van der Waals surface area contributed by atoms with Crippen LogP contribution in [-0.4, -0.2) is 4.98 Å². The fraction of sp³-hybridized carbons (Fsp3) is 0.143. The first-order valence-corrected chi connectivity index (χ1v) is 6.31. The monoisotopic (exact) mass is 240 g/mol. The Labute approximate surface area is 105 Å². The lowest BCUT2D eigenvalue weighted by Gasteiger charge is -2.03. The third kappa shape index (κ3) is 3.08. The van der Waals surface area contributed by atoms with Crippen LogP contribution in [0.2, 0.25) is 0 Å². The van der Waals surface area contributed by atoms with E-state index < -0.39 is 0 Å². The van der Waals surface area contributed by atoms with E-state index in [1.807, 2.05) is 49.5 Å². The average molecular weight is 240 g/mol. The molecule has 0 saturated heterocycles. The molecule has 0 aliphatic heterocycles. The molecule has 17 heavy (non-hydrogen) atoms. The van der Waals surface area contributed by atoms with Crippen molar-refractivity contribution in [2.45, 2.75) is 17.7 Å². The number of rotatable bonds is 3. The van der Waals surface area contributed by atoms with Crippen LogP contribution < -0.4 is 0 Å². The molecule has 1 heterocycles. The minimum atomic E-state index is 0.743. The topological polar surface area (TPSA) is 36.7 Å². The number of aryl methyl sites for hydroxylation is 1. The molecule has 1 aromatic carbocycles. The lowest BCUT2D eigenvalue weighted by atomic mass is 10.1. The molecule has 2 aromatic rings. The molecule has 1 aromatic heterocycles. The van der Waals surface area contributed by atoms with Crippen molar-refractivity contribution >= 4 is 11.8 Å². The Kier molecular flexibility index (Phi) is 3.79. The zero-order chi connectivity index (χ0) is 12.1. The van der Waals surface area contributed by atoms with Crippen LogP contribution >= 0.6 is 11.8 Å². The number of nitrogens with zero attached hydrogens (tertiary/aromatic N) is 2. The normalized spacial score (nSPS) is 9.88. The van der Waals surface area contributed by atoms with Gasteiger partial charge in [-0.2, -0.15) is 5.26 Å². The molecule has 0 N–H and O–H groups in total. The van der Waals surface area contributed by atoms with Gasteiger partial charge in [0, 0.05) is 11.9 Å². The number of pyridine rings is 1. The van der Waals surface area contributed by atoms with Crippen LogP contribution in [0.3, 0.4) is 0 Å². The second kappa shape index (κ2) is 5.51. The Morgan fingerprint density at radius 2 is 2.06 bits per heavy atom. The maximum atomic E-state index is 8.98. The van der Waals surface area contributed by atoms with Gasteiger partial charge in [-0.15, -0.1) is 11.8 Å². The average Bonchev–Trinajstić information content (AvgIpc) is 2.38. The quantitative estimate of drug-likeness (QED) is 0.770. The first kappa shape index (κ1) is 11.7. The molecule has 0 unspecified atom stereocenters. The van der Waals surface area contributed by atoms with E-state index in [4.69, 9.17) is 5.26 Å². The summed E-state index contributed by atoms with van der Waals surface area (Å²) < 4.78 is 0. The van der Waals surface area contributed by atoms with Crippen LogP contribution in [0.15, 0.2) is 47.6 Å². The van der Waals surface area contributed by atoms with Crippen molar-refractivity contribution in [2.75, 3.05) is 0 Å². The van der Waals surface area contributed by atoms with E-state index in [1.165, 1.54) is 0 Å². The van der Waals surface area contributed by atoms with Crippen molar-refractivity contribution < 1.29 is 0 Å². The summed E-state index contributed by atoms with van der Waals surface area (Å²) in [5, 5.41) is 9.97. The van der Waals surface area contributed by atoms with Gasteiger partial charge in [-0.3, -0.25) is 0 Å². The first-order valence-electron chi connectivity index (χ1n) is 5.33. The molecule has 0 aliphatic carbocycles. The van der Waals surface area contributed by atoms with Crippen LogP contribution in [0, 0.1) is 18.3 Å². The maximum Gasteiger partial charge on any atom is 0.0994 e. The Morgan fingerprint density at radius 1 is 1.24 bits per heavy atom. The molecule has 0 aliphatic rings. The number of benzene rings is 1. The van der Waals surface area contributed by atoms with Crippen LogP contribution in [0.5, 0.6) is 0 Å². The van der Waals surface area contributed by atoms with Crippen LogP contribution in [-0.2, 0) is 5.75 Å². The van der Waals surface area contributed by atoms with Crippen molar-refractivity contribution in [3.05, 3.63) is 59.3 Å². The minimum Gasteiger partial charge on any atom is -0.250 e. The molecule has 3 heteroatoms. The zero-order valence-corrected chi connectivity index (χ0v) is 10.4. The highest BCUT2D eigenvalue weighted by Crippen LogP contribution is 2.22. The van der Waals surface area contributed by atoms with Gasteiger partial charge in [0.2, 0.25) is 0 Å². The number of thioether (sulfide) groups is 1. The number of nitriles is 1. The fourth-order valence-electron chi connectivity index (χ4n) is 1.45. The summed E-state index contributed by atoms with van der Waals surface area (Å²) >= 11 is 1.65. The smallest absolute Gasteiger partial charge is 0.0994 e. The molecule has 0 saturated carbocycles. The van der Waals surface area contributed by atoms with E-state index >= 15 is 0 Å². The summed E-state index contributed by atoms with van der Waals surface area (Å²) in [6, 6.07) is 13.9. The van der Waals surface area contributed by atoms with Gasteiger partial charge in [0.25, 0.3) is 0 Å². The van der Waals surface area contributed by atoms with Gasteiger partial charge in [-0.05, 0) is 30.2 Å². The third-order valence-electron chi connectivity index (χ3n) is 2.40. The van der Waals surface area contributed by atoms with E-state index in [0.29, 0.717) is 0 Å². The lowest BCUT2D eigenvalue weighted by Crippen LogP contribution is -1.88. The van der Waals surface area contributed by atoms with Crippen LogP contribution in [0.1, 0.15) is 16.7 Å². The Hall–Kier alpha value is -1.79. The summed E-state index contributed by atoms with van der Waals surface area (Å²) in [5.74, 6) is 0.778. The van der Waals surface area contributed by atoms with Gasteiger partial charge >= 0.3 is 0 Å². The van der Waals surface area contributed by atoms with Crippen LogP contribution in [0.4, 0.5) is 0 Å². The van der Waals surface area contributed by atoms with Crippen molar-refractivity contribution in [3.8, 4) is 6.07 Å². The van der Waals surface area contributed by atoms with E-state index in [9.17, 15) is 0 Å². The predicted octanol–water partition coefficient (Wildman–Crippen LogP) is 3.55. The van der Waals surface area contributed by atoms with Crippen molar-refractivity contribution in [1.29, 1.82) is 5.26 Å². The molecule has 0 spiro atoms. The molecule has 0 atom stereocenters. The molecule has 2 nitrogen and oxygen atoms in total. The van der Waals surface area contributed by atoms with E-state index in [2.05, 4.69) is 11.1 Å². The first-order chi connectivity index (χ1) is 8.29. The summed E-state index contributed by atoms with van der Waals surface area (Å²) in [6.45, 7) is 2.02. The summed E-state index contributed by atoms with van der Waals surface area (Å²) in [7, 11) is 0. The highest BCUT2D eigenvalue weighted by Gasteiger charge is 2.02. The number of hydrogen-bond donors (Lipinski definition) is 0. The molecular weight excluding hydrogens is 228 g/mol. The van der Waals surface area contributed by atoms with Crippen LogP contribution in [0.25, 0.3) is 0 Å². The van der Waals surface area contributed by atoms with Crippen molar-refractivity contribution in [3.63, 3.8) is 0 Å². The highest BCUT2D eigenvalue weighted by atomic mass is 32.2. The fourth-order valence-corrected chi connectivity index (χ4v) is 2.29.